The van der Waals surface area contributed by atoms with Crippen molar-refractivity contribution in [2.24, 2.45) is 16.7 Å². The summed E-state index contributed by atoms with van der Waals surface area (Å²) in [5, 5.41) is 46.4. The van der Waals surface area contributed by atoms with Crippen molar-refractivity contribution in [1.29, 1.82) is 5.26 Å². The molecule has 3 rings (SSSR count). The molecule has 0 aliphatic carbocycles. The Balaban J connectivity index is 1.70. The Hall–Kier alpha value is -3.37. The van der Waals surface area contributed by atoms with E-state index in [0.717, 1.165) is 62.0 Å². The molecule has 0 aliphatic rings. The first-order valence-corrected chi connectivity index (χ1v) is 24.8. The molecule has 2 heterocycles. The quantitative estimate of drug-likeness (QED) is 0.0317. The number of thiocarbonyl (C=S) groups is 1. The molecule has 18 heteroatoms. The van der Waals surface area contributed by atoms with Crippen LogP contribution in [0.15, 0.2) is 36.7 Å². The number of nitrogens with one attached hydrogen (secondary N) is 2. The van der Waals surface area contributed by atoms with Gasteiger partial charge in [-0.15, -0.1) is 16.9 Å². The van der Waals surface area contributed by atoms with Crippen LogP contribution >= 0.6 is 47.3 Å². The second-order valence-electron chi connectivity index (χ2n) is 17.7. The molecule has 2 aromatic heterocycles. The number of thioether (sulfide) groups is 2. The number of nitrogens with zero attached hydrogens (tertiary/aromatic N) is 6. The minimum Gasteiger partial charge on any atom is -0.464 e. The van der Waals surface area contributed by atoms with Gasteiger partial charge in [0.1, 0.15) is 15.3 Å². The summed E-state index contributed by atoms with van der Waals surface area (Å²) in [7, 11) is 0. The minimum absolute atomic E-state index is 0.00545. The van der Waals surface area contributed by atoms with Gasteiger partial charge >= 0.3 is 5.97 Å². The van der Waals surface area contributed by atoms with Crippen LogP contribution in [-0.4, -0.2) is 112 Å². The molecule has 3 aromatic rings. The predicted molar refractivity (Wildman–Crippen MR) is 262 cm³/mol. The van der Waals surface area contributed by atoms with Crippen LogP contribution < -0.4 is 10.6 Å². The molecule has 354 valence electrons. The molecular weight excluding hydrogens is 892 g/mol. The van der Waals surface area contributed by atoms with Gasteiger partial charge in [-0.25, -0.2) is 4.79 Å². The molecule has 4 N–H and O–H groups in total. The van der Waals surface area contributed by atoms with E-state index < -0.39 is 33.8 Å². The maximum atomic E-state index is 14.5. The molecule has 14 nitrogen and oxygen atoms in total. The average Bonchev–Trinajstić information content (AvgIpc) is 3.71. The number of aliphatic hydroxyl groups excluding tert-OH is 2. The van der Waals surface area contributed by atoms with E-state index in [1.165, 1.54) is 36.0 Å². The summed E-state index contributed by atoms with van der Waals surface area (Å²) in [6, 6.07) is 10.4. The number of aliphatic hydroxyl groups is 2. The summed E-state index contributed by atoms with van der Waals surface area (Å²) in [6.45, 7) is 18.0. The monoisotopic (exact) mass is 960 g/mol. The Bertz CT molecular complexity index is 2030. The van der Waals surface area contributed by atoms with E-state index in [9.17, 15) is 29.9 Å². The maximum absolute atomic E-state index is 14.5. The minimum atomic E-state index is -1.29. The Labute approximate surface area is 398 Å². The molecule has 6 atom stereocenters. The first kappa shape index (κ1) is 55.0. The van der Waals surface area contributed by atoms with Gasteiger partial charge in [-0.2, -0.15) is 5.26 Å². The largest absolute Gasteiger partial charge is 0.464 e. The van der Waals surface area contributed by atoms with Gasteiger partial charge in [0.05, 0.1) is 53.7 Å². The van der Waals surface area contributed by atoms with Gasteiger partial charge in [0, 0.05) is 35.1 Å². The van der Waals surface area contributed by atoms with Crippen LogP contribution in [0.2, 0.25) is 5.02 Å². The maximum Gasteiger partial charge on any atom is 0.334 e. The molecule has 6 unspecified atom stereocenters. The highest BCUT2D eigenvalue weighted by Crippen LogP contribution is 2.47. The Morgan fingerprint density at radius 2 is 1.81 bits per heavy atom. The fourth-order valence-electron chi connectivity index (χ4n) is 7.84. The van der Waals surface area contributed by atoms with E-state index >= 15 is 0 Å². The van der Waals surface area contributed by atoms with Gasteiger partial charge in [0.2, 0.25) is 11.8 Å². The smallest absolute Gasteiger partial charge is 0.334 e. The number of fused-ring (bicyclic) bond motifs is 1. The first-order valence-electron chi connectivity index (χ1n) is 22.3. The number of pyridine rings is 1. The summed E-state index contributed by atoms with van der Waals surface area (Å²) in [5.74, 6) is -0.253. The van der Waals surface area contributed by atoms with Crippen LogP contribution in [0.4, 0.5) is 0 Å². The standard InChI is InChI=1S/C46H69ClN8O6S3/c1-9-23-63-43(62)64-46(8,42(60)50-26-33(4)56)30-45(7,29-44(6,31-48)17-12-22-61-40(58)34(5)57)41(59)51-27-37-28-55(53-52-37)21-20-54(10-2)19-11-13-32(3)24-35-16-18-49-39-25-36(47)14-15-38(35)39/h14-16,18,25,28,32-34,56-57H,9-13,17,19-24,26-27,29-30H2,1-8H3,(H,50,60)(H,51,59). The molecule has 0 saturated carbocycles. The fraction of sp³-hybridized carbons (Fsp3) is 0.652. The van der Waals surface area contributed by atoms with Crippen molar-refractivity contribution in [3.8, 4) is 6.07 Å². The number of ether oxygens (including phenoxy) is 1. The Morgan fingerprint density at radius 3 is 2.48 bits per heavy atom. The van der Waals surface area contributed by atoms with Crippen molar-refractivity contribution < 1.29 is 29.3 Å². The van der Waals surface area contributed by atoms with Gasteiger partial charge < -0.3 is 30.5 Å². The third-order valence-corrected chi connectivity index (χ3v) is 14.4. The molecule has 0 radical (unpaired) electrons. The number of amides is 2. The van der Waals surface area contributed by atoms with E-state index in [0.29, 0.717) is 33.1 Å². The number of aromatic nitrogens is 4. The summed E-state index contributed by atoms with van der Waals surface area (Å²) in [5.41, 5.74) is 0.405. The number of rotatable bonds is 28. The van der Waals surface area contributed by atoms with Gasteiger partial charge in [-0.3, -0.25) is 19.3 Å². The molecule has 2 amide bonds. The van der Waals surface area contributed by atoms with Crippen LogP contribution in [0, 0.1) is 28.1 Å². The van der Waals surface area contributed by atoms with Crippen molar-refractivity contribution >= 4 is 79.6 Å². The zero-order chi connectivity index (χ0) is 47.5. The predicted octanol–water partition coefficient (Wildman–Crippen LogP) is 7.51. The topological polar surface area (TPSA) is 196 Å². The molecule has 0 spiro atoms. The highest BCUT2D eigenvalue weighted by atomic mass is 35.5. The molecular formula is C46H69ClN8O6S3. The van der Waals surface area contributed by atoms with Crippen LogP contribution in [0.5, 0.6) is 0 Å². The van der Waals surface area contributed by atoms with Crippen LogP contribution in [-0.2, 0) is 38.6 Å². The first-order chi connectivity index (χ1) is 30.2. The van der Waals surface area contributed by atoms with Gasteiger partial charge in [-0.05, 0) is 128 Å². The SMILES string of the molecule is CCCSC(=S)SC(C)(CC(C)(CC(C)(C#N)CCCOC(=O)C(C)O)C(=O)NCc1cn(CCN(CC)CCCC(C)Cc2ccnc3cc(Cl)ccc23)nn1)C(=O)NCC(C)O. The molecule has 0 fully saturated rings. The van der Waals surface area contributed by atoms with Crippen molar-refractivity contribution in [1.82, 2.24) is 35.5 Å². The van der Waals surface area contributed by atoms with E-state index in [4.69, 9.17) is 28.6 Å². The van der Waals surface area contributed by atoms with E-state index in [2.05, 4.69) is 62.9 Å². The fourth-order valence-corrected chi connectivity index (χ4v) is 11.1. The number of carbonyl (C=O) groups excluding carboxylic acids is 3. The number of hydrogen-bond donors (Lipinski definition) is 4. The highest BCUT2D eigenvalue weighted by Gasteiger charge is 2.49. The molecule has 0 bridgehead atoms. The third kappa shape index (κ3) is 18.1. The summed E-state index contributed by atoms with van der Waals surface area (Å²) < 4.78 is 6.22. The summed E-state index contributed by atoms with van der Waals surface area (Å²) in [6.07, 6.45) is 6.28. The second kappa shape index (κ2) is 26.7. The van der Waals surface area contributed by atoms with E-state index in [1.807, 2.05) is 31.5 Å². The van der Waals surface area contributed by atoms with Crippen LogP contribution in [0.3, 0.4) is 0 Å². The lowest BCUT2D eigenvalue weighted by Crippen LogP contribution is -2.51. The summed E-state index contributed by atoms with van der Waals surface area (Å²) in [4.78, 5) is 47.2. The molecule has 0 aliphatic heterocycles. The normalized spacial score (nSPS) is 15.9. The Kier molecular flexibility index (Phi) is 22.9. The van der Waals surface area contributed by atoms with Crippen LogP contribution in [0.25, 0.3) is 10.9 Å². The van der Waals surface area contributed by atoms with Crippen molar-refractivity contribution in [3.05, 3.63) is 52.9 Å². The highest BCUT2D eigenvalue weighted by molar-refractivity contribution is 8.47. The van der Waals surface area contributed by atoms with Gasteiger partial charge in [0.25, 0.3) is 0 Å². The van der Waals surface area contributed by atoms with Crippen molar-refractivity contribution in [2.45, 2.75) is 137 Å². The number of halogens is 1. The zero-order valence-electron chi connectivity index (χ0n) is 38.8. The van der Waals surface area contributed by atoms with Gasteiger partial charge in [-0.1, -0.05) is 74.6 Å². The third-order valence-electron chi connectivity index (χ3n) is 11.2. The van der Waals surface area contributed by atoms with Crippen LogP contribution in [0.1, 0.15) is 112 Å². The summed E-state index contributed by atoms with van der Waals surface area (Å²) >= 11 is 14.6. The number of likely N-dealkylation sites (N-methyl/N-ethyl adjacent to an activating group) is 1. The van der Waals surface area contributed by atoms with Crippen molar-refractivity contribution in [3.63, 3.8) is 0 Å². The molecule has 64 heavy (non-hydrogen) atoms. The second-order valence-corrected chi connectivity index (χ2v) is 21.9. The lowest BCUT2D eigenvalue weighted by Gasteiger charge is -2.40. The van der Waals surface area contributed by atoms with E-state index in [1.54, 1.807) is 32.4 Å². The van der Waals surface area contributed by atoms with Gasteiger partial charge in [0.15, 0.2) is 0 Å². The van der Waals surface area contributed by atoms with Crippen molar-refractivity contribution in [2.75, 3.05) is 38.5 Å². The Morgan fingerprint density at radius 1 is 1.06 bits per heavy atom. The number of nitriles is 1. The molecule has 1 aromatic carbocycles. The lowest BCUT2D eigenvalue weighted by atomic mass is 9.67. The zero-order valence-corrected chi connectivity index (χ0v) is 42.0. The number of hydrogen-bond acceptors (Lipinski definition) is 14. The van der Waals surface area contributed by atoms with E-state index in [-0.39, 0.29) is 50.8 Å². The number of carbonyl (C=O) groups is 3. The molecule has 0 saturated heterocycles. The number of esters is 1. The average molecular weight is 962 g/mol. The number of benzene rings is 1. The lowest BCUT2D eigenvalue weighted by molar-refractivity contribution is -0.152.